The van der Waals surface area contributed by atoms with E-state index in [0.717, 1.165) is 18.8 Å². The van der Waals surface area contributed by atoms with Gasteiger partial charge in [-0.3, -0.25) is 9.36 Å². The third kappa shape index (κ3) is 4.24. The summed E-state index contributed by atoms with van der Waals surface area (Å²) in [7, 11) is 0. The molecule has 0 aliphatic heterocycles. The number of nitrogens with zero attached hydrogens (tertiary/aromatic N) is 2. The topological polar surface area (TPSA) is 46.9 Å². The molecule has 0 aliphatic rings. The van der Waals surface area contributed by atoms with E-state index < -0.39 is 0 Å². The first kappa shape index (κ1) is 14.4. The van der Waals surface area contributed by atoms with Crippen LogP contribution in [-0.2, 0) is 6.54 Å². The molecule has 96 valence electrons. The third-order valence-corrected chi connectivity index (χ3v) is 3.30. The molecule has 1 aromatic heterocycles. The van der Waals surface area contributed by atoms with Crippen LogP contribution < -0.4 is 10.9 Å². The standard InChI is InChI=1S/C12H20BrN3O/c1-4-5-9(2)14-6-7-16-10(3)15-8-11(13)12(16)17/h8-9,14H,4-7H2,1-3H3. The van der Waals surface area contributed by atoms with Crippen LogP contribution in [0.3, 0.4) is 0 Å². The molecule has 1 atom stereocenters. The molecule has 0 saturated carbocycles. The molecular weight excluding hydrogens is 282 g/mol. The normalized spacial score (nSPS) is 12.7. The Balaban J connectivity index is 2.58. The number of aryl methyl sites for hydroxylation is 1. The fourth-order valence-electron chi connectivity index (χ4n) is 1.77. The van der Waals surface area contributed by atoms with Gasteiger partial charge in [-0.1, -0.05) is 13.3 Å². The zero-order chi connectivity index (χ0) is 12.8. The molecule has 0 bridgehead atoms. The maximum Gasteiger partial charge on any atom is 0.267 e. The van der Waals surface area contributed by atoms with Gasteiger partial charge >= 0.3 is 0 Å². The van der Waals surface area contributed by atoms with Crippen LogP contribution in [0.15, 0.2) is 15.5 Å². The molecule has 17 heavy (non-hydrogen) atoms. The van der Waals surface area contributed by atoms with Crippen molar-refractivity contribution in [3.05, 3.63) is 26.8 Å². The molecule has 0 aromatic carbocycles. The van der Waals surface area contributed by atoms with Gasteiger partial charge in [0.15, 0.2) is 0 Å². The lowest BCUT2D eigenvalue weighted by molar-refractivity contribution is 0.476. The fraction of sp³-hybridized carbons (Fsp3) is 0.667. The zero-order valence-corrected chi connectivity index (χ0v) is 12.2. The molecular formula is C12H20BrN3O. The summed E-state index contributed by atoms with van der Waals surface area (Å²) < 4.78 is 2.21. The van der Waals surface area contributed by atoms with Crippen molar-refractivity contribution in [1.29, 1.82) is 0 Å². The highest BCUT2D eigenvalue weighted by Gasteiger charge is 2.05. The SMILES string of the molecule is CCCC(C)NCCn1c(C)ncc(Br)c1=O. The second-order valence-corrected chi connectivity index (χ2v) is 5.11. The van der Waals surface area contributed by atoms with Gasteiger partial charge in [-0.15, -0.1) is 0 Å². The van der Waals surface area contributed by atoms with E-state index in [9.17, 15) is 4.79 Å². The second-order valence-electron chi connectivity index (χ2n) is 4.25. The Labute approximate surface area is 111 Å². The van der Waals surface area contributed by atoms with Crippen molar-refractivity contribution in [2.24, 2.45) is 0 Å². The molecule has 1 N–H and O–H groups in total. The Morgan fingerprint density at radius 2 is 2.29 bits per heavy atom. The van der Waals surface area contributed by atoms with Crippen molar-refractivity contribution in [2.75, 3.05) is 6.54 Å². The van der Waals surface area contributed by atoms with Crippen LogP contribution in [0, 0.1) is 6.92 Å². The number of nitrogens with one attached hydrogen (secondary N) is 1. The highest BCUT2D eigenvalue weighted by molar-refractivity contribution is 9.10. The summed E-state index contributed by atoms with van der Waals surface area (Å²) in [5.74, 6) is 0.753. The minimum absolute atomic E-state index is 0.0116. The first-order valence-electron chi connectivity index (χ1n) is 6.01. The monoisotopic (exact) mass is 301 g/mol. The van der Waals surface area contributed by atoms with Crippen molar-refractivity contribution in [3.63, 3.8) is 0 Å². The van der Waals surface area contributed by atoms with Gasteiger partial charge in [-0.25, -0.2) is 4.98 Å². The highest BCUT2D eigenvalue weighted by atomic mass is 79.9. The molecule has 0 saturated heterocycles. The fourth-order valence-corrected chi connectivity index (χ4v) is 2.09. The van der Waals surface area contributed by atoms with E-state index >= 15 is 0 Å². The summed E-state index contributed by atoms with van der Waals surface area (Å²) >= 11 is 3.21. The number of aromatic nitrogens is 2. The quantitative estimate of drug-likeness (QED) is 0.875. The van der Waals surface area contributed by atoms with Crippen LogP contribution in [0.4, 0.5) is 0 Å². The Kier molecular flexibility index (Phi) is 5.85. The summed E-state index contributed by atoms with van der Waals surface area (Å²) in [6.07, 6.45) is 3.89. The molecule has 1 unspecified atom stereocenters. The van der Waals surface area contributed by atoms with Crippen molar-refractivity contribution in [3.8, 4) is 0 Å². The van der Waals surface area contributed by atoms with E-state index in [-0.39, 0.29) is 5.56 Å². The minimum Gasteiger partial charge on any atom is -0.312 e. The van der Waals surface area contributed by atoms with Crippen LogP contribution in [0.2, 0.25) is 0 Å². The Morgan fingerprint density at radius 3 is 2.94 bits per heavy atom. The summed E-state index contributed by atoms with van der Waals surface area (Å²) in [6.45, 7) is 7.64. The maximum absolute atomic E-state index is 11.8. The van der Waals surface area contributed by atoms with Crippen molar-refractivity contribution < 1.29 is 0 Å². The van der Waals surface area contributed by atoms with Crippen molar-refractivity contribution in [2.45, 2.75) is 46.2 Å². The van der Waals surface area contributed by atoms with E-state index in [0.29, 0.717) is 17.1 Å². The van der Waals surface area contributed by atoms with Gasteiger partial charge in [-0.05, 0) is 36.2 Å². The molecule has 1 heterocycles. The molecule has 4 nitrogen and oxygen atoms in total. The molecule has 0 fully saturated rings. The molecule has 0 aliphatic carbocycles. The van der Waals surface area contributed by atoms with E-state index in [2.05, 4.69) is 40.1 Å². The van der Waals surface area contributed by atoms with Crippen LogP contribution in [0.1, 0.15) is 32.5 Å². The first-order valence-corrected chi connectivity index (χ1v) is 6.80. The van der Waals surface area contributed by atoms with Crippen molar-refractivity contribution in [1.82, 2.24) is 14.9 Å². The predicted molar refractivity (Wildman–Crippen MR) is 73.3 cm³/mol. The first-order chi connectivity index (χ1) is 8.06. The van der Waals surface area contributed by atoms with Crippen LogP contribution in [0.5, 0.6) is 0 Å². The van der Waals surface area contributed by atoms with E-state index in [1.165, 1.54) is 6.42 Å². The van der Waals surface area contributed by atoms with E-state index in [1.807, 2.05) is 6.92 Å². The van der Waals surface area contributed by atoms with Gasteiger partial charge in [0, 0.05) is 25.3 Å². The lowest BCUT2D eigenvalue weighted by atomic mass is 10.2. The maximum atomic E-state index is 11.8. The lowest BCUT2D eigenvalue weighted by Crippen LogP contribution is -2.33. The third-order valence-electron chi connectivity index (χ3n) is 2.75. The lowest BCUT2D eigenvalue weighted by Gasteiger charge is -2.14. The molecule has 5 heteroatoms. The molecule has 0 radical (unpaired) electrons. The second kappa shape index (κ2) is 6.91. The average Bonchev–Trinajstić information content (AvgIpc) is 2.29. The predicted octanol–water partition coefficient (Wildman–Crippen LogP) is 2.09. The Bertz CT molecular complexity index is 417. The van der Waals surface area contributed by atoms with E-state index in [1.54, 1.807) is 10.8 Å². The van der Waals surface area contributed by atoms with E-state index in [4.69, 9.17) is 0 Å². The van der Waals surface area contributed by atoms with Crippen LogP contribution in [0.25, 0.3) is 0 Å². The van der Waals surface area contributed by atoms with Gasteiger partial charge < -0.3 is 5.32 Å². The molecule has 0 spiro atoms. The summed E-state index contributed by atoms with van der Waals surface area (Å²) in [5.41, 5.74) is -0.0116. The number of rotatable bonds is 6. The van der Waals surface area contributed by atoms with Crippen molar-refractivity contribution >= 4 is 15.9 Å². The zero-order valence-electron chi connectivity index (χ0n) is 10.7. The smallest absolute Gasteiger partial charge is 0.267 e. The molecule has 1 rings (SSSR count). The number of hydrogen-bond donors (Lipinski definition) is 1. The largest absolute Gasteiger partial charge is 0.312 e. The summed E-state index contributed by atoms with van der Waals surface area (Å²) in [4.78, 5) is 16.0. The Morgan fingerprint density at radius 1 is 1.59 bits per heavy atom. The minimum atomic E-state index is -0.0116. The number of halogens is 1. The highest BCUT2D eigenvalue weighted by Crippen LogP contribution is 2.01. The van der Waals surface area contributed by atoms with Crippen LogP contribution >= 0.6 is 15.9 Å². The Hall–Kier alpha value is -0.680. The van der Waals surface area contributed by atoms with Gasteiger partial charge in [0.1, 0.15) is 10.3 Å². The van der Waals surface area contributed by atoms with Gasteiger partial charge in [0.2, 0.25) is 0 Å². The summed E-state index contributed by atoms with van der Waals surface area (Å²) in [6, 6.07) is 0.496. The van der Waals surface area contributed by atoms with Gasteiger partial charge in [-0.2, -0.15) is 0 Å². The molecule has 1 aromatic rings. The summed E-state index contributed by atoms with van der Waals surface area (Å²) in [5, 5.41) is 3.40. The average molecular weight is 302 g/mol. The van der Waals surface area contributed by atoms with Crippen LogP contribution in [-0.4, -0.2) is 22.1 Å². The number of hydrogen-bond acceptors (Lipinski definition) is 3. The van der Waals surface area contributed by atoms with Gasteiger partial charge in [0.25, 0.3) is 5.56 Å². The molecule has 0 amide bonds. The van der Waals surface area contributed by atoms with Gasteiger partial charge in [0.05, 0.1) is 0 Å².